The monoisotopic (exact) mass is 199 g/mol. The van der Waals surface area contributed by atoms with Crippen LogP contribution >= 0.6 is 0 Å². The summed E-state index contributed by atoms with van der Waals surface area (Å²) < 4.78 is 0. The summed E-state index contributed by atoms with van der Waals surface area (Å²) >= 11 is 0. The number of nitrogens with one attached hydrogen (secondary N) is 1. The van der Waals surface area contributed by atoms with Crippen LogP contribution in [-0.4, -0.2) is 12.6 Å². The standard InChI is InChI=1S/C13H29N/c1-6-8-9-10-12(3)14-11-13(4,5)7-2/h12,14H,6-11H2,1-5H3. The quantitative estimate of drug-likeness (QED) is 0.583. The van der Waals surface area contributed by atoms with E-state index in [1.807, 2.05) is 0 Å². The molecule has 1 unspecified atom stereocenters. The van der Waals surface area contributed by atoms with E-state index in [9.17, 15) is 0 Å². The van der Waals surface area contributed by atoms with Gasteiger partial charge in [-0.2, -0.15) is 0 Å². The van der Waals surface area contributed by atoms with Crippen molar-refractivity contribution in [3.05, 3.63) is 0 Å². The molecule has 0 rings (SSSR count). The first-order valence-corrected chi connectivity index (χ1v) is 6.25. The smallest absolute Gasteiger partial charge is 0.00389 e. The minimum absolute atomic E-state index is 0.457. The lowest BCUT2D eigenvalue weighted by Gasteiger charge is -2.25. The summed E-state index contributed by atoms with van der Waals surface area (Å²) in [5.74, 6) is 0. The number of unbranched alkanes of at least 4 members (excludes halogenated alkanes) is 2. The molecule has 0 saturated carbocycles. The van der Waals surface area contributed by atoms with Crippen molar-refractivity contribution >= 4 is 0 Å². The third-order valence-corrected chi connectivity index (χ3v) is 3.13. The van der Waals surface area contributed by atoms with Crippen molar-refractivity contribution < 1.29 is 0 Å². The molecule has 0 aliphatic carbocycles. The van der Waals surface area contributed by atoms with Gasteiger partial charge < -0.3 is 5.32 Å². The fourth-order valence-corrected chi connectivity index (χ4v) is 1.38. The Labute approximate surface area is 90.7 Å². The number of hydrogen-bond donors (Lipinski definition) is 1. The summed E-state index contributed by atoms with van der Waals surface area (Å²) in [7, 11) is 0. The van der Waals surface area contributed by atoms with Crippen molar-refractivity contribution in [2.75, 3.05) is 6.54 Å². The van der Waals surface area contributed by atoms with Gasteiger partial charge in [-0.25, -0.2) is 0 Å². The molecular formula is C13H29N. The highest BCUT2D eigenvalue weighted by molar-refractivity contribution is 4.72. The van der Waals surface area contributed by atoms with Gasteiger partial charge in [0.2, 0.25) is 0 Å². The van der Waals surface area contributed by atoms with Crippen LogP contribution in [-0.2, 0) is 0 Å². The van der Waals surface area contributed by atoms with E-state index < -0.39 is 0 Å². The SMILES string of the molecule is CCCCCC(C)NCC(C)(C)CC. The van der Waals surface area contributed by atoms with E-state index in [4.69, 9.17) is 0 Å². The largest absolute Gasteiger partial charge is 0.314 e. The zero-order chi connectivity index (χ0) is 11.0. The Bertz CT molecular complexity index is 129. The molecule has 0 aliphatic heterocycles. The van der Waals surface area contributed by atoms with Gasteiger partial charge in [-0.3, -0.25) is 0 Å². The molecule has 86 valence electrons. The van der Waals surface area contributed by atoms with Crippen LogP contribution in [0.1, 0.15) is 66.7 Å². The topological polar surface area (TPSA) is 12.0 Å². The van der Waals surface area contributed by atoms with Crippen LogP contribution in [0.4, 0.5) is 0 Å². The summed E-state index contributed by atoms with van der Waals surface area (Å²) in [6.45, 7) is 12.7. The van der Waals surface area contributed by atoms with Crippen molar-refractivity contribution in [2.24, 2.45) is 5.41 Å². The van der Waals surface area contributed by atoms with Crippen LogP contribution in [0.5, 0.6) is 0 Å². The molecule has 0 saturated heterocycles. The Morgan fingerprint density at radius 2 is 1.79 bits per heavy atom. The molecule has 0 heterocycles. The average Bonchev–Trinajstić information content (AvgIpc) is 2.16. The van der Waals surface area contributed by atoms with E-state index in [-0.39, 0.29) is 0 Å². The van der Waals surface area contributed by atoms with E-state index in [2.05, 4.69) is 39.9 Å². The molecular weight excluding hydrogens is 170 g/mol. The van der Waals surface area contributed by atoms with Gasteiger partial charge in [0.05, 0.1) is 0 Å². The molecule has 1 atom stereocenters. The van der Waals surface area contributed by atoms with Crippen molar-refractivity contribution in [1.82, 2.24) is 5.32 Å². The highest BCUT2D eigenvalue weighted by Crippen LogP contribution is 2.18. The minimum atomic E-state index is 0.457. The molecule has 0 aromatic carbocycles. The van der Waals surface area contributed by atoms with E-state index in [0.717, 1.165) is 6.54 Å². The Morgan fingerprint density at radius 3 is 2.29 bits per heavy atom. The van der Waals surface area contributed by atoms with Gasteiger partial charge in [-0.15, -0.1) is 0 Å². The molecule has 1 heteroatoms. The predicted molar refractivity (Wildman–Crippen MR) is 65.7 cm³/mol. The predicted octanol–water partition coefficient (Wildman–Crippen LogP) is 3.98. The third-order valence-electron chi connectivity index (χ3n) is 3.13. The molecule has 1 N–H and O–H groups in total. The van der Waals surface area contributed by atoms with Gasteiger partial charge >= 0.3 is 0 Å². The second-order valence-corrected chi connectivity index (χ2v) is 5.30. The maximum atomic E-state index is 3.63. The summed E-state index contributed by atoms with van der Waals surface area (Å²) in [5.41, 5.74) is 0.457. The maximum Gasteiger partial charge on any atom is 0.00389 e. The molecule has 0 amide bonds. The Balaban J connectivity index is 3.48. The number of rotatable bonds is 8. The lowest BCUT2D eigenvalue weighted by molar-refractivity contribution is 0.306. The normalized spacial score (nSPS) is 14.4. The van der Waals surface area contributed by atoms with E-state index in [1.54, 1.807) is 0 Å². The third kappa shape index (κ3) is 7.37. The van der Waals surface area contributed by atoms with Gasteiger partial charge in [0.15, 0.2) is 0 Å². The molecule has 0 aromatic rings. The summed E-state index contributed by atoms with van der Waals surface area (Å²) in [6.07, 6.45) is 6.66. The summed E-state index contributed by atoms with van der Waals surface area (Å²) in [4.78, 5) is 0. The fourth-order valence-electron chi connectivity index (χ4n) is 1.38. The summed E-state index contributed by atoms with van der Waals surface area (Å²) in [6, 6.07) is 0.687. The lowest BCUT2D eigenvalue weighted by atomic mass is 9.90. The van der Waals surface area contributed by atoms with Crippen LogP contribution in [0.25, 0.3) is 0 Å². The molecule has 0 bridgehead atoms. The minimum Gasteiger partial charge on any atom is -0.314 e. The lowest BCUT2D eigenvalue weighted by Crippen LogP contribution is -2.35. The van der Waals surface area contributed by atoms with Crippen LogP contribution in [0, 0.1) is 5.41 Å². The molecule has 14 heavy (non-hydrogen) atoms. The zero-order valence-corrected chi connectivity index (χ0v) is 10.8. The zero-order valence-electron chi connectivity index (χ0n) is 10.8. The molecule has 0 aromatic heterocycles. The highest BCUT2D eigenvalue weighted by atomic mass is 14.9. The summed E-state index contributed by atoms with van der Waals surface area (Å²) in [5, 5.41) is 3.63. The molecule has 0 fully saturated rings. The van der Waals surface area contributed by atoms with Crippen molar-refractivity contribution in [3.63, 3.8) is 0 Å². The van der Waals surface area contributed by atoms with E-state index in [1.165, 1.54) is 32.1 Å². The van der Waals surface area contributed by atoms with Gasteiger partial charge in [-0.1, -0.05) is 47.0 Å². The Kier molecular flexibility index (Phi) is 7.26. The van der Waals surface area contributed by atoms with Crippen LogP contribution in [0.15, 0.2) is 0 Å². The van der Waals surface area contributed by atoms with Gasteiger partial charge in [0.25, 0.3) is 0 Å². The maximum absolute atomic E-state index is 3.63. The van der Waals surface area contributed by atoms with Crippen LogP contribution in [0.2, 0.25) is 0 Å². The van der Waals surface area contributed by atoms with Gasteiger partial charge in [0.1, 0.15) is 0 Å². The Morgan fingerprint density at radius 1 is 1.14 bits per heavy atom. The highest BCUT2D eigenvalue weighted by Gasteiger charge is 2.15. The number of hydrogen-bond acceptors (Lipinski definition) is 1. The molecule has 1 nitrogen and oxygen atoms in total. The van der Waals surface area contributed by atoms with Crippen LogP contribution < -0.4 is 5.32 Å². The average molecular weight is 199 g/mol. The first kappa shape index (κ1) is 14.0. The Hall–Kier alpha value is -0.0400. The van der Waals surface area contributed by atoms with Crippen LogP contribution in [0.3, 0.4) is 0 Å². The second-order valence-electron chi connectivity index (χ2n) is 5.30. The van der Waals surface area contributed by atoms with E-state index in [0.29, 0.717) is 11.5 Å². The molecule has 0 radical (unpaired) electrons. The second kappa shape index (κ2) is 7.28. The van der Waals surface area contributed by atoms with Gasteiger partial charge in [0, 0.05) is 12.6 Å². The molecule has 0 spiro atoms. The first-order chi connectivity index (χ1) is 6.52. The molecule has 0 aliphatic rings. The van der Waals surface area contributed by atoms with E-state index >= 15 is 0 Å². The van der Waals surface area contributed by atoms with Gasteiger partial charge in [-0.05, 0) is 25.2 Å². The van der Waals surface area contributed by atoms with Crippen molar-refractivity contribution in [1.29, 1.82) is 0 Å². The van der Waals surface area contributed by atoms with Crippen molar-refractivity contribution in [2.45, 2.75) is 72.8 Å². The fraction of sp³-hybridized carbons (Fsp3) is 1.00. The first-order valence-electron chi connectivity index (χ1n) is 6.25. The van der Waals surface area contributed by atoms with Crippen molar-refractivity contribution in [3.8, 4) is 0 Å².